The van der Waals surface area contributed by atoms with Crippen molar-refractivity contribution >= 4 is 0 Å². The Kier molecular flexibility index (Phi) is 3.41. The van der Waals surface area contributed by atoms with Crippen LogP contribution in [0.5, 0.6) is 0 Å². The average Bonchev–Trinajstić information content (AvgIpc) is 3.16. The average molecular weight is 309 g/mol. The standard InChI is InChI=1S/C13H10F3N5O/c14-13(15,16)12-19-11(20-22-12)9-1-3-10(4-2-9)21-7-8(5-17)6-18-21/h1-4,6-7H,5,17H2. The van der Waals surface area contributed by atoms with Crippen LogP contribution in [0.2, 0.25) is 0 Å². The molecule has 0 aliphatic rings. The SMILES string of the molecule is NCc1cnn(-c2ccc(-c3noc(C(F)(F)F)n3)cc2)c1. The molecule has 1 aromatic carbocycles. The molecule has 0 radical (unpaired) electrons. The van der Waals surface area contributed by atoms with Crippen LogP contribution in [0.25, 0.3) is 17.1 Å². The minimum atomic E-state index is -4.65. The van der Waals surface area contributed by atoms with Crippen LogP contribution in [0, 0.1) is 0 Å². The molecule has 0 amide bonds. The van der Waals surface area contributed by atoms with E-state index < -0.39 is 12.1 Å². The first-order valence-electron chi connectivity index (χ1n) is 6.22. The predicted molar refractivity (Wildman–Crippen MR) is 69.7 cm³/mol. The number of aromatic nitrogens is 4. The molecule has 2 heterocycles. The zero-order valence-corrected chi connectivity index (χ0v) is 11.1. The summed E-state index contributed by atoms with van der Waals surface area (Å²) >= 11 is 0. The monoisotopic (exact) mass is 309 g/mol. The van der Waals surface area contributed by atoms with Crippen molar-refractivity contribution in [2.75, 3.05) is 0 Å². The molecule has 2 aromatic heterocycles. The van der Waals surface area contributed by atoms with E-state index in [4.69, 9.17) is 5.73 Å². The molecule has 0 saturated heterocycles. The van der Waals surface area contributed by atoms with E-state index >= 15 is 0 Å². The number of alkyl halides is 3. The van der Waals surface area contributed by atoms with Crippen molar-refractivity contribution in [1.29, 1.82) is 0 Å². The maximum Gasteiger partial charge on any atom is 0.471 e. The van der Waals surface area contributed by atoms with Crippen LogP contribution in [0.4, 0.5) is 13.2 Å². The molecule has 6 nitrogen and oxygen atoms in total. The first-order valence-corrected chi connectivity index (χ1v) is 6.22. The summed E-state index contributed by atoms with van der Waals surface area (Å²) in [6.07, 6.45) is -1.24. The summed E-state index contributed by atoms with van der Waals surface area (Å²) in [5, 5.41) is 7.46. The molecule has 22 heavy (non-hydrogen) atoms. The number of nitrogens with zero attached hydrogens (tertiary/aromatic N) is 4. The highest BCUT2D eigenvalue weighted by molar-refractivity contribution is 5.56. The minimum Gasteiger partial charge on any atom is -0.329 e. The van der Waals surface area contributed by atoms with E-state index in [0.29, 0.717) is 12.1 Å². The molecule has 0 bridgehead atoms. The van der Waals surface area contributed by atoms with Gasteiger partial charge in [-0.1, -0.05) is 5.16 Å². The van der Waals surface area contributed by atoms with Crippen LogP contribution >= 0.6 is 0 Å². The lowest BCUT2D eigenvalue weighted by molar-refractivity contribution is -0.159. The molecule has 9 heteroatoms. The molecule has 2 N–H and O–H groups in total. The fourth-order valence-corrected chi connectivity index (χ4v) is 1.83. The summed E-state index contributed by atoms with van der Waals surface area (Å²) in [4.78, 5) is 3.33. The van der Waals surface area contributed by atoms with Crippen LogP contribution in [-0.4, -0.2) is 19.9 Å². The van der Waals surface area contributed by atoms with Gasteiger partial charge in [0.15, 0.2) is 0 Å². The fraction of sp³-hybridized carbons (Fsp3) is 0.154. The van der Waals surface area contributed by atoms with Gasteiger partial charge in [0.1, 0.15) is 0 Å². The van der Waals surface area contributed by atoms with Crippen LogP contribution < -0.4 is 5.73 Å². The van der Waals surface area contributed by atoms with Crippen LogP contribution in [0.15, 0.2) is 41.2 Å². The van der Waals surface area contributed by atoms with Crippen molar-refractivity contribution < 1.29 is 17.7 Å². The van der Waals surface area contributed by atoms with Gasteiger partial charge in [0, 0.05) is 23.9 Å². The second-order valence-corrected chi connectivity index (χ2v) is 4.47. The van der Waals surface area contributed by atoms with E-state index in [1.54, 1.807) is 41.3 Å². The smallest absolute Gasteiger partial charge is 0.329 e. The third-order valence-corrected chi connectivity index (χ3v) is 2.93. The normalized spacial score (nSPS) is 11.8. The molecule has 0 atom stereocenters. The molecule has 0 unspecified atom stereocenters. The number of halogens is 3. The maximum atomic E-state index is 12.4. The Balaban J connectivity index is 1.86. The van der Waals surface area contributed by atoms with Crippen molar-refractivity contribution in [1.82, 2.24) is 19.9 Å². The van der Waals surface area contributed by atoms with Gasteiger partial charge in [0.25, 0.3) is 0 Å². The van der Waals surface area contributed by atoms with Crippen LogP contribution in [-0.2, 0) is 12.7 Å². The van der Waals surface area contributed by atoms with Gasteiger partial charge in [-0.15, -0.1) is 0 Å². The largest absolute Gasteiger partial charge is 0.471 e. The Hall–Kier alpha value is -2.68. The molecule has 3 rings (SSSR count). The van der Waals surface area contributed by atoms with E-state index in [-0.39, 0.29) is 5.82 Å². The highest BCUT2D eigenvalue weighted by atomic mass is 19.4. The van der Waals surface area contributed by atoms with Crippen LogP contribution in [0.3, 0.4) is 0 Å². The quantitative estimate of drug-likeness (QED) is 0.803. The summed E-state index contributed by atoms with van der Waals surface area (Å²) in [5.41, 5.74) is 7.53. The van der Waals surface area contributed by atoms with Gasteiger partial charge in [-0.05, 0) is 24.3 Å². The molecular weight excluding hydrogens is 299 g/mol. The van der Waals surface area contributed by atoms with Gasteiger partial charge in [-0.3, -0.25) is 0 Å². The number of hydrogen-bond acceptors (Lipinski definition) is 5. The Morgan fingerprint density at radius 2 is 1.91 bits per heavy atom. The lowest BCUT2D eigenvalue weighted by atomic mass is 10.2. The maximum absolute atomic E-state index is 12.4. The first-order chi connectivity index (χ1) is 10.5. The zero-order chi connectivity index (χ0) is 15.7. The van der Waals surface area contributed by atoms with Gasteiger partial charge in [0.05, 0.1) is 11.9 Å². The van der Waals surface area contributed by atoms with Gasteiger partial charge >= 0.3 is 12.1 Å². The van der Waals surface area contributed by atoms with Gasteiger partial charge in [-0.25, -0.2) is 4.68 Å². The van der Waals surface area contributed by atoms with Gasteiger partial charge in [0.2, 0.25) is 5.82 Å². The predicted octanol–water partition coefficient (Wildman–Crippen LogP) is 2.40. The van der Waals surface area contributed by atoms with Crippen LogP contribution in [0.1, 0.15) is 11.5 Å². The van der Waals surface area contributed by atoms with E-state index in [0.717, 1.165) is 11.3 Å². The van der Waals surface area contributed by atoms with E-state index in [1.807, 2.05) is 0 Å². The lowest BCUT2D eigenvalue weighted by Gasteiger charge is -2.01. The van der Waals surface area contributed by atoms with Crippen molar-refractivity contribution in [2.45, 2.75) is 12.7 Å². The number of benzene rings is 1. The fourth-order valence-electron chi connectivity index (χ4n) is 1.83. The van der Waals surface area contributed by atoms with Crippen molar-refractivity contribution in [3.8, 4) is 17.1 Å². The van der Waals surface area contributed by atoms with Crippen molar-refractivity contribution in [2.24, 2.45) is 5.73 Å². The van der Waals surface area contributed by atoms with Gasteiger partial charge < -0.3 is 10.3 Å². The second-order valence-electron chi connectivity index (χ2n) is 4.47. The molecule has 3 aromatic rings. The highest BCUT2D eigenvalue weighted by Gasteiger charge is 2.38. The number of rotatable bonds is 3. The Bertz CT molecular complexity index is 776. The molecule has 0 saturated carbocycles. The third-order valence-electron chi connectivity index (χ3n) is 2.93. The van der Waals surface area contributed by atoms with E-state index in [9.17, 15) is 13.2 Å². The number of hydrogen-bond donors (Lipinski definition) is 1. The summed E-state index contributed by atoms with van der Waals surface area (Å²) < 4.78 is 43.1. The molecular formula is C13H10F3N5O. The van der Waals surface area contributed by atoms with Crippen molar-refractivity contribution in [3.05, 3.63) is 48.1 Å². The Morgan fingerprint density at radius 3 is 2.45 bits per heavy atom. The van der Waals surface area contributed by atoms with E-state index in [2.05, 4.69) is 19.8 Å². The highest BCUT2D eigenvalue weighted by Crippen LogP contribution is 2.29. The molecule has 0 aliphatic heterocycles. The molecule has 0 aliphatic carbocycles. The Labute approximate surface area is 122 Å². The van der Waals surface area contributed by atoms with Gasteiger partial charge in [-0.2, -0.15) is 23.3 Å². The van der Waals surface area contributed by atoms with E-state index in [1.165, 1.54) is 0 Å². The number of nitrogens with two attached hydrogens (primary N) is 1. The summed E-state index contributed by atoms with van der Waals surface area (Å²) in [5.74, 6) is -1.49. The third kappa shape index (κ3) is 2.70. The first kappa shape index (κ1) is 14.3. The molecule has 0 spiro atoms. The minimum absolute atomic E-state index is 0.123. The summed E-state index contributed by atoms with van der Waals surface area (Å²) in [7, 11) is 0. The topological polar surface area (TPSA) is 82.8 Å². The van der Waals surface area contributed by atoms with Crippen molar-refractivity contribution in [3.63, 3.8) is 0 Å². The second kappa shape index (κ2) is 5.26. The summed E-state index contributed by atoms with van der Waals surface area (Å²) in [6, 6.07) is 6.55. The Morgan fingerprint density at radius 1 is 1.18 bits per heavy atom. The molecule has 114 valence electrons. The lowest BCUT2D eigenvalue weighted by Crippen LogP contribution is -2.04. The zero-order valence-electron chi connectivity index (χ0n) is 11.1. The summed E-state index contributed by atoms with van der Waals surface area (Å²) in [6.45, 7) is 0.376. The molecule has 0 fully saturated rings.